The van der Waals surface area contributed by atoms with Gasteiger partial charge in [-0.1, -0.05) is 47.7 Å². The van der Waals surface area contributed by atoms with E-state index in [9.17, 15) is 13.2 Å². The molecule has 0 amide bonds. The predicted octanol–water partition coefficient (Wildman–Crippen LogP) is 5.76. The summed E-state index contributed by atoms with van der Waals surface area (Å²) in [5.74, 6) is 0. The van der Waals surface area contributed by atoms with Crippen LogP contribution in [0.15, 0.2) is 18.2 Å². The van der Waals surface area contributed by atoms with E-state index >= 15 is 0 Å². The second kappa shape index (κ2) is 7.03. The number of hydrogen-bond donors (Lipinski definition) is 0. The average molecular weight is 364 g/mol. The largest absolute Gasteiger partial charge is 0.416 e. The van der Waals surface area contributed by atoms with Gasteiger partial charge in [0.1, 0.15) is 0 Å². The molecule has 118 valence electrons. The molecule has 1 aliphatic rings. The molecule has 1 aromatic carbocycles. The van der Waals surface area contributed by atoms with Crippen LogP contribution in [0.5, 0.6) is 0 Å². The topological polar surface area (TPSA) is 3.24 Å². The number of anilines is 1. The lowest BCUT2D eigenvalue weighted by Crippen LogP contribution is -2.31. The fourth-order valence-corrected chi connectivity index (χ4v) is 3.51. The Morgan fingerprint density at radius 3 is 2.29 bits per heavy atom. The highest BCUT2D eigenvalue weighted by molar-refractivity contribution is 9.08. The first-order valence-corrected chi connectivity index (χ1v) is 8.54. The van der Waals surface area contributed by atoms with Gasteiger partial charge < -0.3 is 4.90 Å². The summed E-state index contributed by atoms with van der Waals surface area (Å²) in [6, 6.07) is 5.03. The molecule has 0 unspecified atom stereocenters. The minimum absolute atomic E-state index is 0.218. The van der Waals surface area contributed by atoms with Crippen LogP contribution in [0.25, 0.3) is 0 Å². The van der Waals surface area contributed by atoms with Crippen molar-refractivity contribution in [3.8, 4) is 0 Å². The zero-order chi connectivity index (χ0) is 15.5. The van der Waals surface area contributed by atoms with Crippen LogP contribution in [-0.4, -0.2) is 13.1 Å². The molecule has 0 aromatic heterocycles. The zero-order valence-electron chi connectivity index (χ0n) is 12.2. The van der Waals surface area contributed by atoms with E-state index in [0.29, 0.717) is 17.3 Å². The van der Waals surface area contributed by atoms with Gasteiger partial charge in [0.05, 0.1) is 5.56 Å². The molecule has 1 fully saturated rings. The van der Waals surface area contributed by atoms with Crippen LogP contribution in [0.1, 0.15) is 49.7 Å². The molecule has 21 heavy (non-hydrogen) atoms. The second-order valence-electron chi connectivity index (χ2n) is 5.73. The molecule has 1 aliphatic carbocycles. The average Bonchev–Trinajstić information content (AvgIpc) is 2.74. The van der Waals surface area contributed by atoms with E-state index in [0.717, 1.165) is 12.8 Å². The lowest BCUT2D eigenvalue weighted by Gasteiger charge is -2.30. The smallest absolute Gasteiger partial charge is 0.372 e. The Hall–Kier alpha value is -0.710. The van der Waals surface area contributed by atoms with Gasteiger partial charge in [0.15, 0.2) is 0 Å². The van der Waals surface area contributed by atoms with Gasteiger partial charge in [0.25, 0.3) is 0 Å². The van der Waals surface area contributed by atoms with Gasteiger partial charge in [-0.15, -0.1) is 0 Å². The number of benzene rings is 1. The molecule has 0 radical (unpaired) electrons. The van der Waals surface area contributed by atoms with Crippen LogP contribution in [0, 0.1) is 0 Å². The summed E-state index contributed by atoms with van der Waals surface area (Å²) >= 11 is 3.14. The summed E-state index contributed by atoms with van der Waals surface area (Å²) in [5.41, 5.74) is 0.428. The zero-order valence-corrected chi connectivity index (χ0v) is 13.8. The van der Waals surface area contributed by atoms with Gasteiger partial charge in [-0.3, -0.25) is 0 Å². The molecule has 1 saturated carbocycles. The van der Waals surface area contributed by atoms with Crippen molar-refractivity contribution in [2.75, 3.05) is 11.9 Å². The van der Waals surface area contributed by atoms with Crippen LogP contribution >= 0.6 is 15.9 Å². The molecule has 0 atom stereocenters. The standard InChI is InChI=1S/C16H21BrF3N/c1-21(13-6-4-2-3-5-7-13)14-9-8-12(11-17)15(10-14)16(18,19)20/h8-10,13H,2-7,11H2,1H3. The summed E-state index contributed by atoms with van der Waals surface area (Å²) in [6.07, 6.45) is 2.64. The monoisotopic (exact) mass is 363 g/mol. The van der Waals surface area contributed by atoms with Crippen molar-refractivity contribution >= 4 is 21.6 Å². The fraction of sp³-hybridized carbons (Fsp3) is 0.625. The highest BCUT2D eigenvalue weighted by Crippen LogP contribution is 2.36. The maximum atomic E-state index is 13.1. The highest BCUT2D eigenvalue weighted by atomic mass is 79.9. The van der Waals surface area contributed by atoms with Crippen molar-refractivity contribution in [2.45, 2.75) is 56.1 Å². The summed E-state index contributed by atoms with van der Waals surface area (Å²) < 4.78 is 39.4. The SMILES string of the molecule is CN(c1ccc(CBr)c(C(F)(F)F)c1)C1CCCCCC1. The fourth-order valence-electron chi connectivity index (χ4n) is 3.02. The highest BCUT2D eigenvalue weighted by Gasteiger charge is 2.33. The van der Waals surface area contributed by atoms with E-state index in [1.165, 1.54) is 31.7 Å². The van der Waals surface area contributed by atoms with Gasteiger partial charge in [-0.2, -0.15) is 13.2 Å². The molecule has 0 N–H and O–H groups in total. The van der Waals surface area contributed by atoms with Gasteiger partial charge in [-0.05, 0) is 30.5 Å². The molecule has 0 bridgehead atoms. The first-order valence-electron chi connectivity index (χ1n) is 7.42. The van der Waals surface area contributed by atoms with E-state index in [4.69, 9.17) is 0 Å². The van der Waals surface area contributed by atoms with Crippen LogP contribution in [0.4, 0.5) is 18.9 Å². The minimum Gasteiger partial charge on any atom is -0.372 e. The van der Waals surface area contributed by atoms with Gasteiger partial charge >= 0.3 is 6.18 Å². The van der Waals surface area contributed by atoms with Crippen LogP contribution in [-0.2, 0) is 11.5 Å². The van der Waals surface area contributed by atoms with Crippen molar-refractivity contribution in [1.82, 2.24) is 0 Å². The third-order valence-corrected chi connectivity index (χ3v) is 4.93. The maximum absolute atomic E-state index is 13.1. The second-order valence-corrected chi connectivity index (χ2v) is 6.29. The molecule has 0 aliphatic heterocycles. The first kappa shape index (κ1) is 16.7. The Labute approximate surface area is 132 Å². The molecule has 5 heteroatoms. The van der Waals surface area contributed by atoms with Crippen molar-refractivity contribution in [3.63, 3.8) is 0 Å². The van der Waals surface area contributed by atoms with E-state index in [1.807, 2.05) is 11.9 Å². The molecule has 1 nitrogen and oxygen atoms in total. The molecule has 0 heterocycles. The molecule has 1 aromatic rings. The Bertz CT molecular complexity index is 465. The van der Waals surface area contributed by atoms with E-state index < -0.39 is 11.7 Å². The van der Waals surface area contributed by atoms with Crippen LogP contribution in [0.3, 0.4) is 0 Å². The summed E-state index contributed by atoms with van der Waals surface area (Å²) in [5, 5.41) is 0.218. The molecule has 0 spiro atoms. The van der Waals surface area contributed by atoms with Crippen molar-refractivity contribution < 1.29 is 13.2 Å². The van der Waals surface area contributed by atoms with E-state index in [1.54, 1.807) is 12.1 Å². The molecule has 2 rings (SSSR count). The van der Waals surface area contributed by atoms with Crippen molar-refractivity contribution in [1.29, 1.82) is 0 Å². The third kappa shape index (κ3) is 4.15. The van der Waals surface area contributed by atoms with Gasteiger partial charge in [0.2, 0.25) is 0 Å². The lowest BCUT2D eigenvalue weighted by molar-refractivity contribution is -0.138. The Kier molecular flexibility index (Phi) is 5.58. The summed E-state index contributed by atoms with van der Waals surface area (Å²) in [4.78, 5) is 2.03. The quantitative estimate of drug-likeness (QED) is 0.487. The Morgan fingerprint density at radius 1 is 1.14 bits per heavy atom. The molecular weight excluding hydrogens is 343 g/mol. The van der Waals surface area contributed by atoms with Crippen LogP contribution in [0.2, 0.25) is 0 Å². The molecule has 0 saturated heterocycles. The van der Waals surface area contributed by atoms with Gasteiger partial charge in [-0.25, -0.2) is 0 Å². The maximum Gasteiger partial charge on any atom is 0.416 e. The number of nitrogens with zero attached hydrogens (tertiary/aromatic N) is 1. The number of hydrogen-bond acceptors (Lipinski definition) is 1. The predicted molar refractivity (Wildman–Crippen MR) is 84.0 cm³/mol. The Morgan fingerprint density at radius 2 is 1.76 bits per heavy atom. The lowest BCUT2D eigenvalue weighted by atomic mass is 10.0. The molecular formula is C16H21BrF3N. The minimum atomic E-state index is -4.30. The van der Waals surface area contributed by atoms with Crippen molar-refractivity contribution in [2.24, 2.45) is 0 Å². The summed E-state index contributed by atoms with van der Waals surface area (Å²) in [7, 11) is 1.92. The number of rotatable bonds is 3. The first-order chi connectivity index (χ1) is 9.93. The summed E-state index contributed by atoms with van der Waals surface area (Å²) in [6.45, 7) is 0. The normalized spacial score (nSPS) is 17.6. The van der Waals surface area contributed by atoms with Crippen LogP contribution < -0.4 is 4.90 Å². The van der Waals surface area contributed by atoms with Gasteiger partial charge in [0, 0.05) is 24.1 Å². The van der Waals surface area contributed by atoms with Crippen molar-refractivity contribution in [3.05, 3.63) is 29.3 Å². The Balaban J connectivity index is 2.26. The third-order valence-electron chi connectivity index (χ3n) is 4.32. The number of halogens is 4. The van der Waals surface area contributed by atoms with E-state index in [2.05, 4.69) is 15.9 Å². The van der Waals surface area contributed by atoms with E-state index in [-0.39, 0.29) is 5.33 Å². The number of alkyl halides is 4.